The number of nitrogens with zero attached hydrogens (tertiary/aromatic N) is 1. The third-order valence-electron chi connectivity index (χ3n) is 6.91. The lowest BCUT2D eigenvalue weighted by Gasteiger charge is -2.37. The van der Waals surface area contributed by atoms with E-state index in [1.807, 2.05) is 6.92 Å². The van der Waals surface area contributed by atoms with Crippen molar-refractivity contribution in [2.75, 3.05) is 39.9 Å². The van der Waals surface area contributed by atoms with E-state index in [0.29, 0.717) is 0 Å². The lowest BCUT2D eigenvalue weighted by molar-refractivity contribution is -0.917. The highest BCUT2D eigenvalue weighted by molar-refractivity contribution is 7.85. The molecule has 2 rings (SSSR count). The van der Waals surface area contributed by atoms with Gasteiger partial charge in [-0.3, -0.25) is 0 Å². The van der Waals surface area contributed by atoms with Crippen LogP contribution in [-0.2, 0) is 14.9 Å². The normalized spacial score (nSPS) is 15.5. The van der Waals surface area contributed by atoms with Crippen molar-refractivity contribution in [3.63, 3.8) is 0 Å². The van der Waals surface area contributed by atoms with Gasteiger partial charge in [0.15, 0.2) is 0 Å². The van der Waals surface area contributed by atoms with Gasteiger partial charge in [0.25, 0.3) is 0 Å². The Bertz CT molecular complexity index is 712. The Morgan fingerprint density at radius 1 is 0.765 bits per heavy atom. The van der Waals surface area contributed by atoms with E-state index in [4.69, 9.17) is 4.74 Å². The summed E-state index contributed by atoms with van der Waals surface area (Å²) in [5.74, 6) is 0. The maximum Gasteiger partial charge on any atom is 0.124 e. The van der Waals surface area contributed by atoms with Crippen molar-refractivity contribution < 1.29 is 22.2 Å². The topological polar surface area (TPSA) is 66.4 Å². The lowest BCUT2D eigenvalue weighted by Crippen LogP contribution is -2.52. The summed E-state index contributed by atoms with van der Waals surface area (Å²) in [6.45, 7) is 9.86. The molecule has 1 aliphatic rings. The van der Waals surface area contributed by atoms with Gasteiger partial charge < -0.3 is 13.8 Å². The van der Waals surface area contributed by atoms with Crippen LogP contribution in [0.5, 0.6) is 0 Å². The molecule has 0 radical (unpaired) electrons. The first-order chi connectivity index (χ1) is 16.3. The van der Waals surface area contributed by atoms with Crippen molar-refractivity contribution in [2.24, 2.45) is 0 Å². The van der Waals surface area contributed by atoms with Crippen molar-refractivity contribution in [1.29, 1.82) is 0 Å². The molecule has 1 aromatic carbocycles. The van der Waals surface area contributed by atoms with E-state index in [-0.39, 0.29) is 4.90 Å². The summed E-state index contributed by atoms with van der Waals surface area (Å²) in [4.78, 5) is -0.178. The quantitative estimate of drug-likeness (QED) is 0.142. The SMILES string of the molecule is CCCCCCCCCCCCCCCC[N+]1(C)CCOCC1.Cc1ccc(S(=O)(=O)[O-])cc1. The molecular formula is C28H51NO4S. The Labute approximate surface area is 210 Å². The van der Waals surface area contributed by atoms with Gasteiger partial charge in [-0.15, -0.1) is 0 Å². The maximum atomic E-state index is 10.4. The minimum atomic E-state index is -4.27. The summed E-state index contributed by atoms with van der Waals surface area (Å²) in [6, 6.07) is 5.78. The predicted molar refractivity (Wildman–Crippen MR) is 141 cm³/mol. The second-order valence-electron chi connectivity index (χ2n) is 10.3. The van der Waals surface area contributed by atoms with Gasteiger partial charge in [0, 0.05) is 0 Å². The molecule has 0 aromatic heterocycles. The number of unbranched alkanes of at least 4 members (excludes halogenated alkanes) is 13. The molecule has 1 aliphatic heterocycles. The van der Waals surface area contributed by atoms with E-state index in [0.717, 1.165) is 18.8 Å². The average Bonchev–Trinajstić information content (AvgIpc) is 2.80. The van der Waals surface area contributed by atoms with Crippen LogP contribution in [0.4, 0.5) is 0 Å². The number of morpholine rings is 1. The van der Waals surface area contributed by atoms with E-state index >= 15 is 0 Å². The number of rotatable bonds is 16. The van der Waals surface area contributed by atoms with Gasteiger partial charge in [-0.2, -0.15) is 0 Å². The number of hydrogen-bond acceptors (Lipinski definition) is 4. The number of aryl methyl sites for hydroxylation is 1. The molecule has 5 nitrogen and oxygen atoms in total. The van der Waals surface area contributed by atoms with E-state index in [9.17, 15) is 13.0 Å². The number of ether oxygens (including phenoxy) is 1. The molecule has 0 atom stereocenters. The third-order valence-corrected chi connectivity index (χ3v) is 7.76. The molecule has 0 saturated carbocycles. The fraction of sp³-hybridized carbons (Fsp3) is 0.786. The summed E-state index contributed by atoms with van der Waals surface area (Å²) in [6.07, 6.45) is 20.3. The number of benzene rings is 1. The van der Waals surface area contributed by atoms with Crippen LogP contribution in [0.25, 0.3) is 0 Å². The molecule has 1 fully saturated rings. The minimum Gasteiger partial charge on any atom is -0.744 e. The first-order valence-corrected chi connectivity index (χ1v) is 15.1. The molecule has 198 valence electrons. The highest BCUT2D eigenvalue weighted by Crippen LogP contribution is 2.15. The van der Waals surface area contributed by atoms with Crippen molar-refractivity contribution in [3.05, 3.63) is 29.8 Å². The molecule has 1 heterocycles. The molecule has 34 heavy (non-hydrogen) atoms. The van der Waals surface area contributed by atoms with Crippen LogP contribution in [0, 0.1) is 6.92 Å². The maximum absolute atomic E-state index is 10.4. The first kappa shape index (κ1) is 31.1. The van der Waals surface area contributed by atoms with Crippen LogP contribution in [0.3, 0.4) is 0 Å². The smallest absolute Gasteiger partial charge is 0.124 e. The number of hydrogen-bond donors (Lipinski definition) is 0. The summed E-state index contributed by atoms with van der Waals surface area (Å²) in [5.41, 5.74) is 0.928. The Balaban J connectivity index is 0.000000437. The van der Waals surface area contributed by atoms with Gasteiger partial charge in [-0.1, -0.05) is 102 Å². The summed E-state index contributed by atoms with van der Waals surface area (Å²) < 4.78 is 37.9. The van der Waals surface area contributed by atoms with Crippen LogP contribution in [0.2, 0.25) is 0 Å². The molecule has 0 bridgehead atoms. The van der Waals surface area contributed by atoms with Gasteiger partial charge in [-0.25, -0.2) is 8.42 Å². The molecule has 0 N–H and O–H groups in total. The zero-order valence-electron chi connectivity index (χ0n) is 22.2. The van der Waals surface area contributed by atoms with Crippen molar-refractivity contribution in [1.82, 2.24) is 0 Å². The van der Waals surface area contributed by atoms with Gasteiger partial charge in [0.2, 0.25) is 0 Å². The molecule has 0 unspecified atom stereocenters. The minimum absolute atomic E-state index is 0.178. The Hall–Kier alpha value is -0.950. The van der Waals surface area contributed by atoms with Crippen LogP contribution < -0.4 is 0 Å². The highest BCUT2D eigenvalue weighted by atomic mass is 32.2. The predicted octanol–water partition coefficient (Wildman–Crippen LogP) is 6.84. The van der Waals surface area contributed by atoms with Crippen LogP contribution in [-0.4, -0.2) is 57.3 Å². The van der Waals surface area contributed by atoms with Crippen molar-refractivity contribution in [2.45, 2.75) is 109 Å². The largest absolute Gasteiger partial charge is 0.744 e. The monoisotopic (exact) mass is 497 g/mol. The summed E-state index contributed by atoms with van der Waals surface area (Å²) in [7, 11) is -1.86. The van der Waals surface area contributed by atoms with Gasteiger partial charge in [0.05, 0.1) is 31.7 Å². The van der Waals surface area contributed by atoms with Gasteiger partial charge in [-0.05, 0) is 31.9 Å². The molecule has 1 saturated heterocycles. The number of quaternary nitrogens is 1. The summed E-state index contributed by atoms with van der Waals surface area (Å²) in [5, 5.41) is 0. The molecule has 0 spiro atoms. The Morgan fingerprint density at radius 2 is 1.18 bits per heavy atom. The second kappa shape index (κ2) is 18.3. The molecule has 6 heteroatoms. The molecule has 0 aliphatic carbocycles. The second-order valence-corrected chi connectivity index (χ2v) is 11.6. The van der Waals surface area contributed by atoms with E-state index in [2.05, 4.69) is 14.0 Å². The van der Waals surface area contributed by atoms with E-state index in [1.165, 1.54) is 126 Å². The first-order valence-electron chi connectivity index (χ1n) is 13.7. The van der Waals surface area contributed by atoms with Crippen molar-refractivity contribution in [3.8, 4) is 0 Å². The average molecular weight is 498 g/mol. The number of likely N-dealkylation sites (N-methyl/N-ethyl adjacent to an activating group) is 1. The van der Waals surface area contributed by atoms with Crippen molar-refractivity contribution >= 4 is 10.1 Å². The zero-order valence-corrected chi connectivity index (χ0v) is 23.0. The zero-order chi connectivity index (χ0) is 25.1. The lowest BCUT2D eigenvalue weighted by atomic mass is 10.0. The standard InChI is InChI=1S/C21H44NO.C7H8O3S/c1-3-4-5-6-7-8-9-10-11-12-13-14-15-16-17-22(2)18-20-23-21-19-22;1-6-2-4-7(5-3-6)11(8,9)10/h3-21H2,1-2H3;2-5H,1H3,(H,8,9,10)/q+1;/p-1. The fourth-order valence-electron chi connectivity index (χ4n) is 4.40. The molecule has 1 aromatic rings. The summed E-state index contributed by atoms with van der Waals surface area (Å²) >= 11 is 0. The Kier molecular flexibility index (Phi) is 16.8. The van der Waals surface area contributed by atoms with Gasteiger partial charge in [0.1, 0.15) is 23.2 Å². The highest BCUT2D eigenvalue weighted by Gasteiger charge is 2.24. The van der Waals surface area contributed by atoms with Gasteiger partial charge >= 0.3 is 0 Å². The molecule has 0 amide bonds. The van der Waals surface area contributed by atoms with Crippen LogP contribution >= 0.6 is 0 Å². The van der Waals surface area contributed by atoms with E-state index < -0.39 is 10.1 Å². The third kappa shape index (κ3) is 15.9. The van der Waals surface area contributed by atoms with E-state index in [1.54, 1.807) is 12.1 Å². The Morgan fingerprint density at radius 3 is 1.59 bits per heavy atom. The van der Waals surface area contributed by atoms with Crippen LogP contribution in [0.1, 0.15) is 102 Å². The fourth-order valence-corrected chi connectivity index (χ4v) is 4.87. The van der Waals surface area contributed by atoms with Crippen LogP contribution in [0.15, 0.2) is 29.2 Å². The molecular weight excluding hydrogens is 446 g/mol.